The SMILES string of the molecule is Cc1ccccc1NC(=O)COC(=O)c1ccc(C2Nc3cc(C(F)(F)F)ccc3S(=O)(=O)N2)cc1. The first-order valence-corrected chi connectivity index (χ1v) is 12.0. The number of hydrogen-bond acceptors (Lipinski definition) is 6. The van der Waals surface area contributed by atoms with Gasteiger partial charge in [0.05, 0.1) is 16.8 Å². The lowest BCUT2D eigenvalue weighted by Crippen LogP contribution is -2.38. The lowest BCUT2D eigenvalue weighted by atomic mass is 10.1. The van der Waals surface area contributed by atoms with Crippen LogP contribution in [0.5, 0.6) is 0 Å². The Morgan fingerprint density at radius 3 is 2.39 bits per heavy atom. The maximum absolute atomic E-state index is 13.1. The van der Waals surface area contributed by atoms with E-state index in [1.54, 1.807) is 12.1 Å². The number of carbonyl (C=O) groups excluding carboxylic acids is 2. The van der Waals surface area contributed by atoms with Crippen molar-refractivity contribution >= 4 is 33.3 Å². The minimum Gasteiger partial charge on any atom is -0.452 e. The summed E-state index contributed by atoms with van der Waals surface area (Å²) in [5, 5.41) is 5.38. The van der Waals surface area contributed by atoms with E-state index in [1.807, 2.05) is 19.1 Å². The van der Waals surface area contributed by atoms with Crippen LogP contribution >= 0.6 is 0 Å². The molecule has 1 heterocycles. The molecule has 0 aromatic heterocycles. The summed E-state index contributed by atoms with van der Waals surface area (Å²) in [4.78, 5) is 24.1. The van der Waals surface area contributed by atoms with Gasteiger partial charge in [0.25, 0.3) is 5.91 Å². The van der Waals surface area contributed by atoms with Crippen LogP contribution < -0.4 is 15.4 Å². The third kappa shape index (κ3) is 5.50. The molecule has 36 heavy (non-hydrogen) atoms. The highest BCUT2D eigenvalue weighted by Gasteiger charge is 2.35. The first kappa shape index (κ1) is 25.2. The summed E-state index contributed by atoms with van der Waals surface area (Å²) in [6.07, 6.45) is -5.71. The smallest absolute Gasteiger partial charge is 0.416 e. The van der Waals surface area contributed by atoms with Crippen molar-refractivity contribution < 1.29 is 35.9 Å². The van der Waals surface area contributed by atoms with E-state index in [1.165, 1.54) is 24.3 Å². The number of para-hydroxylation sites is 1. The second-order valence-corrected chi connectivity index (χ2v) is 9.65. The highest BCUT2D eigenvalue weighted by atomic mass is 32.2. The molecule has 0 saturated heterocycles. The molecule has 3 aromatic rings. The number of benzene rings is 3. The van der Waals surface area contributed by atoms with Gasteiger partial charge in [-0.3, -0.25) is 4.79 Å². The van der Waals surface area contributed by atoms with Crippen molar-refractivity contribution in [3.63, 3.8) is 0 Å². The number of alkyl halides is 3. The summed E-state index contributed by atoms with van der Waals surface area (Å²) >= 11 is 0. The summed E-state index contributed by atoms with van der Waals surface area (Å²) in [5.74, 6) is -1.30. The van der Waals surface area contributed by atoms with Gasteiger partial charge in [-0.2, -0.15) is 17.9 Å². The zero-order chi connectivity index (χ0) is 26.1. The maximum Gasteiger partial charge on any atom is 0.416 e. The summed E-state index contributed by atoms with van der Waals surface area (Å²) in [6.45, 7) is 1.30. The average Bonchev–Trinajstić information content (AvgIpc) is 2.83. The number of anilines is 2. The molecule has 0 aliphatic carbocycles. The molecule has 0 radical (unpaired) electrons. The van der Waals surface area contributed by atoms with E-state index in [0.717, 1.165) is 17.7 Å². The van der Waals surface area contributed by atoms with Crippen LogP contribution in [0.25, 0.3) is 0 Å². The Labute approximate surface area is 204 Å². The molecule has 188 valence electrons. The van der Waals surface area contributed by atoms with E-state index >= 15 is 0 Å². The molecule has 1 aliphatic rings. The molecule has 0 spiro atoms. The summed E-state index contributed by atoms with van der Waals surface area (Å²) in [5.41, 5.74) is 0.688. The largest absolute Gasteiger partial charge is 0.452 e. The maximum atomic E-state index is 13.1. The monoisotopic (exact) mass is 519 g/mol. The molecule has 0 saturated carbocycles. The molecule has 0 fully saturated rings. The summed E-state index contributed by atoms with van der Waals surface area (Å²) in [6, 6.07) is 15.0. The molecule has 8 nitrogen and oxygen atoms in total. The second-order valence-electron chi connectivity index (χ2n) is 7.97. The van der Waals surface area contributed by atoms with E-state index in [4.69, 9.17) is 4.74 Å². The molecule has 0 bridgehead atoms. The fourth-order valence-electron chi connectivity index (χ4n) is 3.53. The number of halogens is 3. The Bertz CT molecular complexity index is 1420. The van der Waals surface area contributed by atoms with Crippen LogP contribution in [0.3, 0.4) is 0 Å². The number of rotatable bonds is 5. The van der Waals surface area contributed by atoms with Crippen LogP contribution in [-0.4, -0.2) is 26.9 Å². The highest BCUT2D eigenvalue weighted by molar-refractivity contribution is 7.89. The van der Waals surface area contributed by atoms with Gasteiger partial charge in [-0.15, -0.1) is 0 Å². The number of nitrogens with one attached hydrogen (secondary N) is 3. The van der Waals surface area contributed by atoms with E-state index in [2.05, 4.69) is 15.4 Å². The minimum atomic E-state index is -4.64. The molecule has 1 aliphatic heterocycles. The zero-order valence-corrected chi connectivity index (χ0v) is 19.5. The number of hydrogen-bond donors (Lipinski definition) is 3. The molecule has 1 unspecified atom stereocenters. The number of ether oxygens (including phenoxy) is 1. The third-order valence-electron chi connectivity index (χ3n) is 5.40. The van der Waals surface area contributed by atoms with Crippen LogP contribution in [-0.2, 0) is 25.7 Å². The van der Waals surface area contributed by atoms with Gasteiger partial charge in [-0.05, 0) is 54.4 Å². The lowest BCUT2D eigenvalue weighted by molar-refractivity contribution is -0.137. The number of carbonyl (C=O) groups is 2. The third-order valence-corrected chi connectivity index (χ3v) is 6.88. The Balaban J connectivity index is 1.43. The molecular formula is C24H20F3N3O5S. The van der Waals surface area contributed by atoms with Crippen molar-refractivity contribution in [2.45, 2.75) is 24.2 Å². The Morgan fingerprint density at radius 1 is 1.03 bits per heavy atom. The van der Waals surface area contributed by atoms with Crippen LogP contribution in [0.1, 0.15) is 33.2 Å². The molecule has 3 aromatic carbocycles. The van der Waals surface area contributed by atoms with Crippen molar-refractivity contribution in [3.8, 4) is 0 Å². The van der Waals surface area contributed by atoms with Crippen molar-refractivity contribution in [3.05, 3.63) is 89.0 Å². The van der Waals surface area contributed by atoms with Gasteiger partial charge in [-0.25, -0.2) is 13.2 Å². The van der Waals surface area contributed by atoms with Crippen molar-refractivity contribution in [2.24, 2.45) is 0 Å². The number of fused-ring (bicyclic) bond motifs is 1. The van der Waals surface area contributed by atoms with Gasteiger partial charge in [0.1, 0.15) is 11.1 Å². The zero-order valence-electron chi connectivity index (χ0n) is 18.7. The van der Waals surface area contributed by atoms with Gasteiger partial charge in [-0.1, -0.05) is 30.3 Å². The molecule has 1 amide bonds. The van der Waals surface area contributed by atoms with Gasteiger partial charge >= 0.3 is 12.1 Å². The van der Waals surface area contributed by atoms with Crippen LogP contribution in [0.2, 0.25) is 0 Å². The van der Waals surface area contributed by atoms with E-state index in [0.29, 0.717) is 17.3 Å². The topological polar surface area (TPSA) is 114 Å². The van der Waals surface area contributed by atoms with Gasteiger partial charge in [0.15, 0.2) is 6.61 Å². The van der Waals surface area contributed by atoms with Gasteiger partial charge in [0.2, 0.25) is 10.0 Å². The molecule has 1 atom stereocenters. The minimum absolute atomic E-state index is 0.0980. The predicted molar refractivity (Wildman–Crippen MR) is 125 cm³/mol. The summed E-state index contributed by atoms with van der Waals surface area (Å²) < 4.78 is 71.7. The molecule has 12 heteroatoms. The van der Waals surface area contributed by atoms with Gasteiger partial charge < -0.3 is 15.4 Å². The fraction of sp³-hybridized carbons (Fsp3) is 0.167. The normalized spacial score (nSPS) is 16.4. The quantitative estimate of drug-likeness (QED) is 0.435. The Morgan fingerprint density at radius 2 is 1.72 bits per heavy atom. The van der Waals surface area contributed by atoms with E-state index in [9.17, 15) is 31.2 Å². The second kappa shape index (κ2) is 9.63. The lowest BCUT2D eigenvalue weighted by Gasteiger charge is -2.29. The fourth-order valence-corrected chi connectivity index (χ4v) is 4.82. The van der Waals surface area contributed by atoms with Crippen LogP contribution in [0, 0.1) is 6.92 Å². The van der Waals surface area contributed by atoms with Gasteiger partial charge in [0, 0.05) is 5.69 Å². The van der Waals surface area contributed by atoms with E-state index in [-0.39, 0.29) is 16.1 Å². The molecule has 3 N–H and O–H groups in total. The summed E-state index contributed by atoms with van der Waals surface area (Å²) in [7, 11) is -4.09. The number of sulfonamides is 1. The van der Waals surface area contributed by atoms with Crippen molar-refractivity contribution in [1.29, 1.82) is 0 Å². The number of aryl methyl sites for hydroxylation is 1. The van der Waals surface area contributed by atoms with Crippen molar-refractivity contribution in [1.82, 2.24) is 4.72 Å². The standard InChI is InChI=1S/C24H20F3N3O5S/c1-14-4-2-3-5-18(14)28-21(31)13-35-23(32)16-8-6-15(7-9-16)22-29-19-12-17(24(25,26)27)10-11-20(19)36(33,34)30-22/h2-12,22,29-30H,13H2,1H3,(H,28,31). The Hall–Kier alpha value is -3.90. The first-order valence-electron chi connectivity index (χ1n) is 10.6. The number of amides is 1. The van der Waals surface area contributed by atoms with Crippen molar-refractivity contribution in [2.75, 3.05) is 17.2 Å². The Kier molecular flexibility index (Phi) is 6.74. The first-order chi connectivity index (χ1) is 16.9. The van der Waals surface area contributed by atoms with Crippen LogP contribution in [0.15, 0.2) is 71.6 Å². The highest BCUT2D eigenvalue weighted by Crippen LogP contribution is 2.37. The van der Waals surface area contributed by atoms with Crippen LogP contribution in [0.4, 0.5) is 24.5 Å². The molecule has 4 rings (SSSR count). The molecular weight excluding hydrogens is 499 g/mol. The average molecular weight is 520 g/mol. The van der Waals surface area contributed by atoms with E-state index < -0.39 is 46.4 Å². The predicted octanol–water partition coefficient (Wildman–Crippen LogP) is 4.21. The number of esters is 1.